The number of halogens is 2. The van der Waals surface area contributed by atoms with Crippen molar-refractivity contribution >= 4 is 35.0 Å². The highest BCUT2D eigenvalue weighted by Gasteiger charge is 2.08. The summed E-state index contributed by atoms with van der Waals surface area (Å²) in [6, 6.07) is 11.8. The first-order valence-corrected chi connectivity index (χ1v) is 6.31. The van der Waals surface area contributed by atoms with Gasteiger partial charge in [-0.15, -0.1) is 0 Å². The van der Waals surface area contributed by atoms with E-state index in [-0.39, 0.29) is 0 Å². The Morgan fingerprint density at radius 1 is 1.11 bits per heavy atom. The Morgan fingerprint density at radius 2 is 1.79 bits per heavy atom. The molecule has 0 fully saturated rings. The van der Waals surface area contributed by atoms with Gasteiger partial charge in [-0.1, -0.05) is 29.3 Å². The molecule has 0 bridgehead atoms. The van der Waals surface area contributed by atoms with Crippen LogP contribution in [0.5, 0.6) is 5.75 Å². The van der Waals surface area contributed by atoms with Gasteiger partial charge in [0.25, 0.3) is 0 Å². The van der Waals surface area contributed by atoms with Crippen molar-refractivity contribution in [1.82, 2.24) is 0 Å². The van der Waals surface area contributed by atoms with Gasteiger partial charge in [0, 0.05) is 15.7 Å². The van der Waals surface area contributed by atoms with Crippen LogP contribution in [0.2, 0.25) is 10.0 Å². The lowest BCUT2D eigenvalue weighted by Crippen LogP contribution is -2.17. The first kappa shape index (κ1) is 13.7. The van der Waals surface area contributed by atoms with Crippen LogP contribution in [0, 0.1) is 6.92 Å². The number of hydrogen-bond donors (Lipinski definition) is 1. The van der Waals surface area contributed by atoms with Crippen molar-refractivity contribution in [3.63, 3.8) is 0 Å². The zero-order valence-electron chi connectivity index (χ0n) is 10.1. The fraction of sp³-hybridized carbons (Fsp3) is 0.0714. The number of amides is 1. The zero-order chi connectivity index (χ0) is 13.8. The van der Waals surface area contributed by atoms with E-state index in [4.69, 9.17) is 27.9 Å². The minimum atomic E-state index is -0.576. The van der Waals surface area contributed by atoms with Crippen LogP contribution in [0.4, 0.5) is 10.5 Å². The molecule has 2 rings (SSSR count). The second-order valence-corrected chi connectivity index (χ2v) is 4.72. The molecule has 2 aromatic carbocycles. The summed E-state index contributed by atoms with van der Waals surface area (Å²) in [5.41, 5.74) is 1.41. The Kier molecular flexibility index (Phi) is 4.30. The van der Waals surface area contributed by atoms with Crippen molar-refractivity contribution in [3.8, 4) is 5.75 Å². The standard InChI is InChI=1S/C14H11Cl2NO2/c1-9-12(16)3-2-4-13(9)17-14(18)19-11-7-5-10(15)6-8-11/h2-8H,1H3,(H,17,18). The van der Waals surface area contributed by atoms with E-state index >= 15 is 0 Å². The molecule has 0 aliphatic rings. The Morgan fingerprint density at radius 3 is 2.47 bits per heavy atom. The smallest absolute Gasteiger partial charge is 0.410 e. The zero-order valence-corrected chi connectivity index (χ0v) is 11.6. The molecule has 0 aliphatic carbocycles. The lowest BCUT2D eigenvalue weighted by Gasteiger charge is -2.09. The monoisotopic (exact) mass is 295 g/mol. The lowest BCUT2D eigenvalue weighted by molar-refractivity contribution is 0.215. The second kappa shape index (κ2) is 5.95. The molecule has 0 radical (unpaired) electrons. The molecule has 2 aromatic rings. The predicted octanol–water partition coefficient (Wildman–Crippen LogP) is 4.91. The van der Waals surface area contributed by atoms with E-state index in [2.05, 4.69) is 5.32 Å². The maximum Gasteiger partial charge on any atom is 0.417 e. The molecule has 0 heterocycles. The second-order valence-electron chi connectivity index (χ2n) is 3.88. The molecule has 98 valence electrons. The highest BCUT2D eigenvalue weighted by molar-refractivity contribution is 6.31. The van der Waals surface area contributed by atoms with E-state index in [1.54, 1.807) is 42.5 Å². The Labute approximate surface area is 121 Å². The molecular formula is C14H11Cl2NO2. The summed E-state index contributed by atoms with van der Waals surface area (Å²) in [5, 5.41) is 3.80. The van der Waals surface area contributed by atoms with Gasteiger partial charge in [-0.3, -0.25) is 5.32 Å². The number of ether oxygens (including phenoxy) is 1. The van der Waals surface area contributed by atoms with Crippen LogP contribution < -0.4 is 10.1 Å². The Bertz CT molecular complexity index is 597. The molecule has 0 spiro atoms. The van der Waals surface area contributed by atoms with Crippen LogP contribution in [0.3, 0.4) is 0 Å². The average Bonchev–Trinajstić information content (AvgIpc) is 2.38. The number of rotatable bonds is 2. The Hall–Kier alpha value is -1.71. The largest absolute Gasteiger partial charge is 0.417 e. The summed E-state index contributed by atoms with van der Waals surface area (Å²) in [5.74, 6) is 0.418. The number of carbonyl (C=O) groups is 1. The van der Waals surface area contributed by atoms with Gasteiger partial charge < -0.3 is 4.74 Å². The summed E-state index contributed by atoms with van der Waals surface area (Å²) >= 11 is 11.7. The molecule has 0 unspecified atom stereocenters. The third-order valence-corrected chi connectivity index (χ3v) is 3.19. The van der Waals surface area contributed by atoms with Gasteiger partial charge in [-0.2, -0.15) is 0 Å². The number of benzene rings is 2. The van der Waals surface area contributed by atoms with Gasteiger partial charge in [-0.25, -0.2) is 4.79 Å². The molecule has 0 saturated heterocycles. The van der Waals surface area contributed by atoms with Gasteiger partial charge in [0.2, 0.25) is 0 Å². The number of carbonyl (C=O) groups excluding carboxylic acids is 1. The summed E-state index contributed by atoms with van der Waals surface area (Å²) in [6.45, 7) is 1.82. The fourth-order valence-corrected chi connectivity index (χ4v) is 1.79. The maximum atomic E-state index is 11.7. The van der Waals surface area contributed by atoms with Crippen LogP contribution in [-0.2, 0) is 0 Å². The predicted molar refractivity (Wildman–Crippen MR) is 77.3 cm³/mol. The normalized spacial score (nSPS) is 10.1. The van der Waals surface area contributed by atoms with Crippen LogP contribution in [-0.4, -0.2) is 6.09 Å². The molecule has 0 aromatic heterocycles. The first-order chi connectivity index (χ1) is 9.06. The number of hydrogen-bond acceptors (Lipinski definition) is 2. The van der Waals surface area contributed by atoms with Crippen LogP contribution >= 0.6 is 23.2 Å². The summed E-state index contributed by atoms with van der Waals surface area (Å²) < 4.78 is 5.12. The molecule has 3 nitrogen and oxygen atoms in total. The molecule has 1 N–H and O–H groups in total. The van der Waals surface area contributed by atoms with Crippen molar-refractivity contribution in [2.75, 3.05) is 5.32 Å². The maximum absolute atomic E-state index is 11.7. The molecule has 1 amide bonds. The lowest BCUT2D eigenvalue weighted by atomic mass is 10.2. The van der Waals surface area contributed by atoms with Crippen molar-refractivity contribution in [2.24, 2.45) is 0 Å². The third-order valence-electron chi connectivity index (χ3n) is 2.53. The average molecular weight is 296 g/mol. The first-order valence-electron chi connectivity index (χ1n) is 5.56. The van der Waals surface area contributed by atoms with E-state index in [0.29, 0.717) is 21.5 Å². The Balaban J connectivity index is 2.05. The van der Waals surface area contributed by atoms with Crippen LogP contribution in [0.1, 0.15) is 5.56 Å². The fourth-order valence-electron chi connectivity index (χ4n) is 1.49. The summed E-state index contributed by atoms with van der Waals surface area (Å²) in [6.07, 6.45) is -0.576. The van der Waals surface area contributed by atoms with Gasteiger partial charge in [0.15, 0.2) is 0 Å². The van der Waals surface area contributed by atoms with E-state index < -0.39 is 6.09 Å². The summed E-state index contributed by atoms with van der Waals surface area (Å²) in [7, 11) is 0. The topological polar surface area (TPSA) is 38.3 Å². The molecule has 0 saturated carbocycles. The number of nitrogens with one attached hydrogen (secondary N) is 1. The molecular weight excluding hydrogens is 285 g/mol. The minimum absolute atomic E-state index is 0.418. The summed E-state index contributed by atoms with van der Waals surface area (Å²) in [4.78, 5) is 11.7. The van der Waals surface area contributed by atoms with E-state index in [1.165, 1.54) is 0 Å². The third kappa shape index (κ3) is 3.63. The van der Waals surface area contributed by atoms with Gasteiger partial charge in [0.1, 0.15) is 5.75 Å². The van der Waals surface area contributed by atoms with Crippen molar-refractivity contribution < 1.29 is 9.53 Å². The van der Waals surface area contributed by atoms with Crippen molar-refractivity contribution in [3.05, 3.63) is 58.1 Å². The SMILES string of the molecule is Cc1c(Cl)cccc1NC(=O)Oc1ccc(Cl)cc1. The van der Waals surface area contributed by atoms with E-state index in [1.807, 2.05) is 6.92 Å². The quantitative estimate of drug-likeness (QED) is 0.854. The molecule has 0 atom stereocenters. The molecule has 19 heavy (non-hydrogen) atoms. The van der Waals surface area contributed by atoms with Gasteiger partial charge in [0.05, 0.1) is 0 Å². The van der Waals surface area contributed by atoms with Gasteiger partial charge in [-0.05, 0) is 48.9 Å². The highest BCUT2D eigenvalue weighted by Crippen LogP contribution is 2.23. The van der Waals surface area contributed by atoms with E-state index in [9.17, 15) is 4.79 Å². The van der Waals surface area contributed by atoms with Crippen molar-refractivity contribution in [1.29, 1.82) is 0 Å². The molecule has 5 heteroatoms. The van der Waals surface area contributed by atoms with Crippen LogP contribution in [0.15, 0.2) is 42.5 Å². The minimum Gasteiger partial charge on any atom is -0.410 e. The van der Waals surface area contributed by atoms with Gasteiger partial charge >= 0.3 is 6.09 Å². The molecule has 0 aliphatic heterocycles. The van der Waals surface area contributed by atoms with Crippen LogP contribution in [0.25, 0.3) is 0 Å². The number of anilines is 1. The van der Waals surface area contributed by atoms with Crippen molar-refractivity contribution in [2.45, 2.75) is 6.92 Å². The highest BCUT2D eigenvalue weighted by atomic mass is 35.5. The van der Waals surface area contributed by atoms with E-state index in [0.717, 1.165) is 5.56 Å².